The monoisotopic (exact) mass is 490 g/mol. The van der Waals surface area contributed by atoms with Gasteiger partial charge in [-0.2, -0.15) is 22.8 Å². The molecule has 3 unspecified atom stereocenters. The molecule has 2 N–H and O–H groups in total. The summed E-state index contributed by atoms with van der Waals surface area (Å²) in [6, 6.07) is 9.87. The molecule has 1 fully saturated rings. The van der Waals surface area contributed by atoms with Gasteiger partial charge < -0.3 is 15.2 Å². The second kappa shape index (κ2) is 9.13. The van der Waals surface area contributed by atoms with Crippen molar-refractivity contribution in [2.75, 3.05) is 6.61 Å². The minimum atomic E-state index is -4.74. The Kier molecular flexibility index (Phi) is 6.51. The molecule has 4 rings (SSSR count). The van der Waals surface area contributed by atoms with Gasteiger partial charge in [0.25, 0.3) is 0 Å². The molecule has 3 aromatic rings. The van der Waals surface area contributed by atoms with E-state index < -0.39 is 35.4 Å². The van der Waals surface area contributed by atoms with Gasteiger partial charge in [-0.1, -0.05) is 12.1 Å². The van der Waals surface area contributed by atoms with Gasteiger partial charge in [0.2, 0.25) is 5.95 Å². The number of ether oxygens (including phenoxy) is 1. The second-order valence-corrected chi connectivity index (χ2v) is 9.40. The van der Waals surface area contributed by atoms with Crippen molar-refractivity contribution in [3.63, 3.8) is 0 Å². The van der Waals surface area contributed by atoms with Crippen LogP contribution in [0.25, 0.3) is 10.9 Å². The van der Waals surface area contributed by atoms with Crippen LogP contribution in [0.3, 0.4) is 0 Å². The summed E-state index contributed by atoms with van der Waals surface area (Å²) < 4.78 is 62.8. The van der Waals surface area contributed by atoms with E-state index in [-0.39, 0.29) is 35.7 Å². The van der Waals surface area contributed by atoms with Crippen LogP contribution in [-0.2, 0) is 11.8 Å². The summed E-state index contributed by atoms with van der Waals surface area (Å²) in [5, 5.41) is 27.2. The topological polar surface area (TPSA) is 83.1 Å². The minimum Gasteiger partial charge on any atom is -0.492 e. The molecular weight excluding hydrogens is 464 g/mol. The van der Waals surface area contributed by atoms with Crippen LogP contribution in [0.4, 0.5) is 17.6 Å². The Morgan fingerprint density at radius 3 is 2.69 bits per heavy atom. The summed E-state index contributed by atoms with van der Waals surface area (Å²) in [7, 11) is 0. The maximum atomic E-state index is 14.5. The predicted molar refractivity (Wildman–Crippen MR) is 121 cm³/mol. The van der Waals surface area contributed by atoms with Gasteiger partial charge in [-0.15, -0.1) is 5.10 Å². The number of aromatic nitrogens is 2. The number of halogens is 4. The highest BCUT2D eigenvalue weighted by atomic mass is 19.4. The van der Waals surface area contributed by atoms with Crippen molar-refractivity contribution < 1.29 is 27.4 Å². The van der Waals surface area contributed by atoms with Crippen molar-refractivity contribution >= 4 is 10.9 Å². The van der Waals surface area contributed by atoms with Crippen molar-refractivity contribution in [3.8, 4) is 11.8 Å². The molecule has 1 saturated heterocycles. The van der Waals surface area contributed by atoms with E-state index in [1.165, 1.54) is 6.07 Å². The molecule has 0 bridgehead atoms. The van der Waals surface area contributed by atoms with Gasteiger partial charge in [0, 0.05) is 18.1 Å². The molecule has 10 heteroatoms. The van der Waals surface area contributed by atoms with Gasteiger partial charge in [0.15, 0.2) is 0 Å². The lowest BCUT2D eigenvalue weighted by Crippen LogP contribution is -2.53. The third-order valence-electron chi connectivity index (χ3n) is 6.25. The van der Waals surface area contributed by atoms with E-state index in [9.17, 15) is 27.9 Å². The molecule has 0 radical (unpaired) electrons. The molecule has 1 aromatic heterocycles. The van der Waals surface area contributed by atoms with E-state index in [0.717, 1.165) is 10.7 Å². The number of nitrogens with zero attached hydrogens (tertiary/aromatic N) is 3. The average molecular weight is 491 g/mol. The van der Waals surface area contributed by atoms with Gasteiger partial charge in [-0.3, -0.25) is 4.68 Å². The van der Waals surface area contributed by atoms with Crippen LogP contribution in [0.15, 0.2) is 36.4 Å². The van der Waals surface area contributed by atoms with E-state index in [0.29, 0.717) is 17.5 Å². The quantitative estimate of drug-likeness (QED) is 0.489. The molecule has 0 saturated carbocycles. The van der Waals surface area contributed by atoms with Crippen LogP contribution < -0.4 is 10.1 Å². The van der Waals surface area contributed by atoms with Gasteiger partial charge in [-0.05, 0) is 63.4 Å². The number of nitrogens with one attached hydrogen (secondary N) is 1. The molecule has 0 amide bonds. The fourth-order valence-corrected chi connectivity index (χ4v) is 4.82. The molecule has 186 valence electrons. The van der Waals surface area contributed by atoms with Gasteiger partial charge in [-0.25, -0.2) is 0 Å². The molecule has 3 atom stereocenters. The van der Waals surface area contributed by atoms with Crippen molar-refractivity contribution in [2.24, 2.45) is 0 Å². The molecule has 0 aliphatic carbocycles. The molecule has 1 aliphatic heterocycles. The Morgan fingerprint density at radius 1 is 1.29 bits per heavy atom. The first-order chi connectivity index (χ1) is 16.4. The van der Waals surface area contributed by atoms with Crippen molar-refractivity contribution in [1.82, 2.24) is 15.1 Å². The predicted octanol–water partition coefficient (Wildman–Crippen LogP) is 5.05. The summed E-state index contributed by atoms with van der Waals surface area (Å²) in [6.07, 6.45) is -4.12. The Bertz CT molecular complexity index is 1280. The van der Waals surface area contributed by atoms with Crippen LogP contribution in [0.5, 0.6) is 5.75 Å². The number of hydrogen-bond donors (Lipinski definition) is 2. The fourth-order valence-electron chi connectivity index (χ4n) is 4.82. The normalized spacial score (nSPS) is 23.0. The molecular formula is C25H26F4N4O2. The van der Waals surface area contributed by atoms with Crippen molar-refractivity contribution in [2.45, 2.75) is 63.5 Å². The maximum absolute atomic E-state index is 14.5. The third kappa shape index (κ3) is 4.97. The number of fused-ring (bicyclic) bond motifs is 1. The van der Waals surface area contributed by atoms with Gasteiger partial charge in [0.1, 0.15) is 12.4 Å². The lowest BCUT2D eigenvalue weighted by atomic mass is 9.79. The molecule has 0 spiro atoms. The van der Waals surface area contributed by atoms with Crippen molar-refractivity contribution in [1.29, 1.82) is 5.26 Å². The zero-order valence-corrected chi connectivity index (χ0v) is 19.5. The van der Waals surface area contributed by atoms with Crippen LogP contribution >= 0.6 is 0 Å². The Labute approximate surface area is 200 Å². The summed E-state index contributed by atoms with van der Waals surface area (Å²) in [4.78, 5) is 0. The van der Waals surface area contributed by atoms with Gasteiger partial charge >= 0.3 is 6.18 Å². The number of rotatable bonds is 5. The Balaban J connectivity index is 1.61. The highest BCUT2D eigenvalue weighted by Crippen LogP contribution is 2.40. The van der Waals surface area contributed by atoms with Crippen LogP contribution in [0.1, 0.15) is 56.3 Å². The van der Waals surface area contributed by atoms with Crippen LogP contribution in [0, 0.1) is 17.3 Å². The number of alkyl halides is 3. The number of piperidine rings is 1. The lowest BCUT2D eigenvalue weighted by Gasteiger charge is -2.41. The summed E-state index contributed by atoms with van der Waals surface area (Å²) in [5.41, 5.74) is -1.57. The molecule has 2 aromatic carbocycles. The molecule has 2 heterocycles. The summed E-state index contributed by atoms with van der Waals surface area (Å²) in [5.74, 6) is -1.14. The smallest absolute Gasteiger partial charge is 0.418 e. The van der Waals surface area contributed by atoms with E-state index >= 15 is 0 Å². The number of benzene rings is 2. The molecule has 1 aliphatic rings. The zero-order valence-electron chi connectivity index (χ0n) is 19.5. The number of aliphatic hydroxyl groups is 1. The van der Waals surface area contributed by atoms with E-state index in [1.807, 2.05) is 6.92 Å². The van der Waals surface area contributed by atoms with Crippen molar-refractivity contribution in [3.05, 3.63) is 59.0 Å². The number of nitriles is 1. The lowest BCUT2D eigenvalue weighted by molar-refractivity contribution is -0.136. The van der Waals surface area contributed by atoms with Crippen LogP contribution in [-0.4, -0.2) is 33.6 Å². The molecule has 6 nitrogen and oxygen atoms in total. The average Bonchev–Trinajstić information content (AvgIpc) is 3.13. The Hall–Kier alpha value is -3.16. The first-order valence-corrected chi connectivity index (χ1v) is 11.3. The second-order valence-electron chi connectivity index (χ2n) is 9.40. The zero-order chi connectivity index (χ0) is 25.5. The standard InChI is InChI=1S/C25H26F4N4O2/c1-14(2)33-22-20(23(26)32-33)8-19(9-21(22)25(27,28)29)35-13-18-11-24(34,10-15(3)31-18)17-6-4-5-16(7-17)12-30/h4-9,14-15,18,31,34H,10-11,13H2,1-3H3. The Morgan fingerprint density at radius 2 is 2.03 bits per heavy atom. The maximum Gasteiger partial charge on any atom is 0.418 e. The highest BCUT2D eigenvalue weighted by Gasteiger charge is 2.40. The molecule has 35 heavy (non-hydrogen) atoms. The van der Waals surface area contributed by atoms with E-state index in [2.05, 4.69) is 16.5 Å². The van der Waals surface area contributed by atoms with Gasteiger partial charge in [0.05, 0.1) is 33.7 Å². The largest absolute Gasteiger partial charge is 0.492 e. The summed E-state index contributed by atoms with van der Waals surface area (Å²) >= 11 is 0. The minimum absolute atomic E-state index is 0.0483. The van der Waals surface area contributed by atoms with E-state index in [4.69, 9.17) is 4.74 Å². The third-order valence-corrected chi connectivity index (χ3v) is 6.25. The first kappa shape index (κ1) is 24.9. The SMILES string of the molecule is CC1CC(O)(c2cccc(C#N)c2)CC(COc2cc(C(F)(F)F)c3c(c2)c(F)nn3C(C)C)N1. The summed E-state index contributed by atoms with van der Waals surface area (Å²) in [6.45, 7) is 5.09. The first-order valence-electron chi connectivity index (χ1n) is 11.3. The van der Waals surface area contributed by atoms with Crippen LogP contribution in [0.2, 0.25) is 0 Å². The number of hydrogen-bond acceptors (Lipinski definition) is 5. The van der Waals surface area contributed by atoms with E-state index in [1.54, 1.807) is 38.1 Å². The highest BCUT2D eigenvalue weighted by molar-refractivity contribution is 5.85. The fraction of sp³-hybridized carbons (Fsp3) is 0.440.